The zero-order chi connectivity index (χ0) is 9.14. The smallest absolute Gasteiger partial charge is 0.246 e. The minimum atomic E-state index is -0.712. The number of hydrogen-bond donors (Lipinski definition) is 3. The molecule has 6 heteroatoms. The number of aromatic nitrogens is 2. The minimum absolute atomic E-state index is 0.204. The Balaban J connectivity index is 2.74. The van der Waals surface area contributed by atoms with Crippen LogP contribution >= 0.6 is 0 Å². The van der Waals surface area contributed by atoms with Gasteiger partial charge in [-0.1, -0.05) is 5.16 Å². The Morgan fingerprint density at radius 1 is 1.67 bits per heavy atom. The average Bonchev–Trinajstić information content (AvgIpc) is 2.50. The van der Waals surface area contributed by atoms with Gasteiger partial charge in [0.15, 0.2) is 5.82 Å². The maximum Gasteiger partial charge on any atom is 0.246 e. The van der Waals surface area contributed by atoms with Crippen molar-refractivity contribution in [2.75, 3.05) is 0 Å². The molecule has 0 bridgehead atoms. The first-order valence-corrected chi connectivity index (χ1v) is 3.61. The molecule has 1 rings (SSSR count). The number of rotatable bonds is 3. The first-order valence-electron chi connectivity index (χ1n) is 3.61. The molecule has 68 valence electrons. The third-order valence-corrected chi connectivity index (χ3v) is 1.47. The average molecular weight is 172 g/mol. The van der Waals surface area contributed by atoms with Crippen LogP contribution < -0.4 is 11.5 Å². The summed E-state index contributed by atoms with van der Waals surface area (Å²) in [6.07, 6.45) is -0.712. The quantitative estimate of drug-likeness (QED) is 0.534. The molecule has 1 unspecified atom stereocenters. The Morgan fingerprint density at radius 2 is 2.33 bits per heavy atom. The highest BCUT2D eigenvalue weighted by molar-refractivity contribution is 4.93. The van der Waals surface area contributed by atoms with Gasteiger partial charge in [0.1, 0.15) is 6.04 Å². The third kappa shape index (κ3) is 1.79. The van der Waals surface area contributed by atoms with Gasteiger partial charge in [0.2, 0.25) is 5.89 Å². The predicted molar refractivity (Wildman–Crippen MR) is 40.8 cm³/mol. The second-order valence-electron chi connectivity index (χ2n) is 2.52. The fourth-order valence-corrected chi connectivity index (χ4v) is 0.692. The Bertz CT molecular complexity index is 247. The van der Waals surface area contributed by atoms with E-state index in [-0.39, 0.29) is 12.4 Å². The molecule has 0 amide bonds. The molecule has 0 aliphatic rings. The first kappa shape index (κ1) is 9.11. The summed E-state index contributed by atoms with van der Waals surface area (Å²) in [6, 6.07) is -0.641. The molecule has 1 heterocycles. The summed E-state index contributed by atoms with van der Waals surface area (Å²) in [5, 5.41) is 12.6. The summed E-state index contributed by atoms with van der Waals surface area (Å²) >= 11 is 0. The molecule has 1 aromatic heterocycles. The number of hydrogen-bond acceptors (Lipinski definition) is 6. The molecule has 0 fully saturated rings. The zero-order valence-corrected chi connectivity index (χ0v) is 6.77. The van der Waals surface area contributed by atoms with Crippen LogP contribution in [0.1, 0.15) is 24.7 Å². The highest BCUT2D eigenvalue weighted by Gasteiger charge is 2.18. The standard InChI is InChI=1S/C6H12N4O2/c1-3(11)5(8)6-9-4(2-7)10-12-6/h3,5,11H,2,7-8H2,1H3/t3?,5-/m0/s1. The van der Waals surface area contributed by atoms with Crippen molar-refractivity contribution in [2.24, 2.45) is 11.5 Å². The number of aliphatic hydroxyl groups is 1. The lowest BCUT2D eigenvalue weighted by Gasteiger charge is -2.08. The van der Waals surface area contributed by atoms with Crippen molar-refractivity contribution in [3.63, 3.8) is 0 Å². The topological polar surface area (TPSA) is 111 Å². The predicted octanol–water partition coefficient (Wildman–Crippen LogP) is -1.09. The van der Waals surface area contributed by atoms with E-state index >= 15 is 0 Å². The van der Waals surface area contributed by atoms with Gasteiger partial charge in [-0.25, -0.2) is 0 Å². The van der Waals surface area contributed by atoms with E-state index in [2.05, 4.69) is 10.1 Å². The molecule has 0 aliphatic carbocycles. The SMILES string of the molecule is CC(O)[C@H](N)c1nc(CN)no1. The van der Waals surface area contributed by atoms with Gasteiger partial charge < -0.3 is 21.1 Å². The van der Waals surface area contributed by atoms with Crippen LogP contribution in [0.2, 0.25) is 0 Å². The number of nitrogens with two attached hydrogens (primary N) is 2. The minimum Gasteiger partial charge on any atom is -0.391 e. The van der Waals surface area contributed by atoms with Crippen LogP contribution in [-0.4, -0.2) is 21.4 Å². The molecule has 2 atom stereocenters. The van der Waals surface area contributed by atoms with Gasteiger partial charge in [-0.2, -0.15) is 4.98 Å². The summed E-state index contributed by atoms with van der Waals surface area (Å²) in [6.45, 7) is 1.76. The highest BCUT2D eigenvalue weighted by Crippen LogP contribution is 2.10. The molecule has 0 saturated heterocycles. The molecule has 1 aromatic rings. The number of aliphatic hydroxyl groups excluding tert-OH is 1. The normalized spacial score (nSPS) is 16.0. The summed E-state index contributed by atoms with van der Waals surface area (Å²) in [5.74, 6) is 0.603. The van der Waals surface area contributed by atoms with Crippen molar-refractivity contribution in [3.8, 4) is 0 Å². The van der Waals surface area contributed by atoms with E-state index in [9.17, 15) is 0 Å². The monoisotopic (exact) mass is 172 g/mol. The lowest BCUT2D eigenvalue weighted by Crippen LogP contribution is -2.23. The van der Waals surface area contributed by atoms with Gasteiger partial charge >= 0.3 is 0 Å². The van der Waals surface area contributed by atoms with E-state index in [4.69, 9.17) is 21.1 Å². The van der Waals surface area contributed by atoms with Crippen LogP contribution in [0.5, 0.6) is 0 Å². The lowest BCUT2D eigenvalue weighted by molar-refractivity contribution is 0.146. The summed E-state index contributed by atoms with van der Waals surface area (Å²) < 4.78 is 4.75. The molecule has 0 saturated carbocycles. The van der Waals surface area contributed by atoms with E-state index in [0.717, 1.165) is 0 Å². The van der Waals surface area contributed by atoms with Crippen molar-refractivity contribution < 1.29 is 9.63 Å². The molecule has 0 aromatic carbocycles. The molecule has 0 radical (unpaired) electrons. The van der Waals surface area contributed by atoms with Crippen LogP contribution in [-0.2, 0) is 6.54 Å². The maximum absolute atomic E-state index is 9.07. The van der Waals surface area contributed by atoms with Crippen molar-refractivity contribution in [1.82, 2.24) is 10.1 Å². The first-order chi connectivity index (χ1) is 5.65. The van der Waals surface area contributed by atoms with E-state index in [1.54, 1.807) is 6.92 Å². The van der Waals surface area contributed by atoms with Crippen LogP contribution in [0.15, 0.2) is 4.52 Å². The molecule has 6 nitrogen and oxygen atoms in total. The molecule has 0 aliphatic heterocycles. The second kappa shape index (κ2) is 3.61. The van der Waals surface area contributed by atoms with Gasteiger partial charge in [0.05, 0.1) is 12.6 Å². The molecule has 5 N–H and O–H groups in total. The van der Waals surface area contributed by atoms with Gasteiger partial charge in [-0.05, 0) is 6.92 Å². The van der Waals surface area contributed by atoms with Gasteiger partial charge in [-0.3, -0.25) is 0 Å². The molecule has 12 heavy (non-hydrogen) atoms. The van der Waals surface area contributed by atoms with Crippen molar-refractivity contribution >= 4 is 0 Å². The lowest BCUT2D eigenvalue weighted by atomic mass is 10.2. The van der Waals surface area contributed by atoms with Gasteiger partial charge in [0, 0.05) is 0 Å². The molecular weight excluding hydrogens is 160 g/mol. The van der Waals surface area contributed by atoms with Gasteiger partial charge in [-0.15, -0.1) is 0 Å². The van der Waals surface area contributed by atoms with Crippen LogP contribution in [0.25, 0.3) is 0 Å². The van der Waals surface area contributed by atoms with Crippen LogP contribution in [0.4, 0.5) is 0 Å². The fourth-order valence-electron chi connectivity index (χ4n) is 0.692. The van der Waals surface area contributed by atoms with E-state index in [1.807, 2.05) is 0 Å². The van der Waals surface area contributed by atoms with Crippen molar-refractivity contribution in [1.29, 1.82) is 0 Å². The van der Waals surface area contributed by atoms with Crippen LogP contribution in [0.3, 0.4) is 0 Å². The van der Waals surface area contributed by atoms with Crippen LogP contribution in [0, 0.1) is 0 Å². The Hall–Kier alpha value is -0.980. The highest BCUT2D eigenvalue weighted by atomic mass is 16.5. The Labute approximate surface area is 69.6 Å². The Kier molecular flexibility index (Phi) is 2.74. The molecular formula is C6H12N4O2. The fraction of sp³-hybridized carbons (Fsp3) is 0.667. The van der Waals surface area contributed by atoms with Crippen molar-refractivity contribution in [2.45, 2.75) is 25.6 Å². The largest absolute Gasteiger partial charge is 0.391 e. The van der Waals surface area contributed by atoms with E-state index in [0.29, 0.717) is 5.82 Å². The maximum atomic E-state index is 9.07. The zero-order valence-electron chi connectivity index (χ0n) is 6.77. The van der Waals surface area contributed by atoms with E-state index < -0.39 is 12.1 Å². The molecule has 0 spiro atoms. The van der Waals surface area contributed by atoms with E-state index in [1.165, 1.54) is 0 Å². The summed E-state index contributed by atoms with van der Waals surface area (Å²) in [5.41, 5.74) is 10.8. The van der Waals surface area contributed by atoms with Gasteiger partial charge in [0.25, 0.3) is 0 Å². The number of nitrogens with zero attached hydrogens (tertiary/aromatic N) is 2. The van der Waals surface area contributed by atoms with Crippen molar-refractivity contribution in [3.05, 3.63) is 11.7 Å². The Morgan fingerprint density at radius 3 is 2.75 bits per heavy atom. The third-order valence-electron chi connectivity index (χ3n) is 1.47. The summed E-state index contributed by atoms with van der Waals surface area (Å²) in [4.78, 5) is 3.86. The summed E-state index contributed by atoms with van der Waals surface area (Å²) in [7, 11) is 0. The second-order valence-corrected chi connectivity index (χ2v) is 2.52.